The summed E-state index contributed by atoms with van der Waals surface area (Å²) >= 11 is 0. The Kier molecular flexibility index (Phi) is 2.90. The molecule has 1 aliphatic rings. The number of benzene rings is 1. The second kappa shape index (κ2) is 4.17. The summed E-state index contributed by atoms with van der Waals surface area (Å²) in [7, 11) is 0. The van der Waals surface area contributed by atoms with Crippen molar-refractivity contribution in [2.75, 3.05) is 0 Å². The molecule has 0 amide bonds. The van der Waals surface area contributed by atoms with Crippen LogP contribution in [0.25, 0.3) is 6.08 Å². The monoisotopic (exact) mass is 263 g/mol. The van der Waals surface area contributed by atoms with E-state index in [2.05, 4.69) is 0 Å². The van der Waals surface area contributed by atoms with Crippen molar-refractivity contribution < 1.29 is 19.9 Å². The van der Waals surface area contributed by atoms with Gasteiger partial charge in [-0.15, -0.1) is 0 Å². The van der Waals surface area contributed by atoms with Crippen molar-refractivity contribution in [1.82, 2.24) is 0 Å². The number of hydrogen-bond acceptors (Lipinski definition) is 4. The summed E-state index contributed by atoms with van der Waals surface area (Å²) in [4.78, 5) is 21.4. The first kappa shape index (κ1) is 13.2. The van der Waals surface area contributed by atoms with Gasteiger partial charge in [-0.25, -0.2) is 0 Å². The van der Waals surface area contributed by atoms with Gasteiger partial charge < -0.3 is 10.2 Å². The molecule has 1 aliphatic carbocycles. The van der Waals surface area contributed by atoms with E-state index in [-0.39, 0.29) is 11.3 Å². The highest BCUT2D eigenvalue weighted by atomic mass is 16.6. The van der Waals surface area contributed by atoms with Crippen LogP contribution in [0.15, 0.2) is 23.8 Å². The molecule has 0 saturated carbocycles. The molecule has 2 atom stereocenters. The molecule has 1 aromatic carbocycles. The highest BCUT2D eigenvalue weighted by molar-refractivity contribution is 5.78. The van der Waals surface area contributed by atoms with Crippen molar-refractivity contribution in [2.24, 2.45) is 5.92 Å². The van der Waals surface area contributed by atoms with Gasteiger partial charge in [0.2, 0.25) is 0 Å². The van der Waals surface area contributed by atoms with Gasteiger partial charge in [0.15, 0.2) is 0 Å². The summed E-state index contributed by atoms with van der Waals surface area (Å²) in [6.45, 7) is 3.00. The number of aliphatic hydroxyl groups is 1. The number of carboxylic acid groups (broad SMARTS) is 1. The Morgan fingerprint density at radius 2 is 2.11 bits per heavy atom. The molecule has 0 heterocycles. The number of carbonyl (C=O) groups is 1. The molecule has 19 heavy (non-hydrogen) atoms. The number of nitro groups is 1. The fourth-order valence-corrected chi connectivity index (χ4v) is 2.42. The molecule has 0 fully saturated rings. The first-order chi connectivity index (χ1) is 8.78. The van der Waals surface area contributed by atoms with Gasteiger partial charge >= 0.3 is 5.97 Å². The Balaban J connectivity index is 2.62. The zero-order chi connectivity index (χ0) is 14.4. The van der Waals surface area contributed by atoms with E-state index in [9.17, 15) is 20.0 Å². The van der Waals surface area contributed by atoms with E-state index in [0.29, 0.717) is 11.1 Å². The third kappa shape index (κ3) is 1.80. The summed E-state index contributed by atoms with van der Waals surface area (Å²) in [5.74, 6) is -2.25. The maximum atomic E-state index is 11.1. The van der Waals surface area contributed by atoms with Crippen LogP contribution in [0, 0.1) is 16.0 Å². The van der Waals surface area contributed by atoms with Gasteiger partial charge in [0.1, 0.15) is 5.60 Å². The number of nitro benzene ring substituents is 1. The molecule has 6 heteroatoms. The fraction of sp³-hybridized carbons (Fsp3) is 0.308. The van der Waals surface area contributed by atoms with Crippen molar-refractivity contribution in [3.8, 4) is 0 Å². The lowest BCUT2D eigenvalue weighted by Crippen LogP contribution is -2.37. The Labute approximate surface area is 109 Å². The zero-order valence-electron chi connectivity index (χ0n) is 10.5. The van der Waals surface area contributed by atoms with E-state index in [0.717, 1.165) is 0 Å². The first-order valence-electron chi connectivity index (χ1n) is 5.71. The lowest BCUT2D eigenvalue weighted by Gasteiger charge is -2.30. The van der Waals surface area contributed by atoms with Crippen molar-refractivity contribution in [3.63, 3.8) is 0 Å². The van der Waals surface area contributed by atoms with Gasteiger partial charge in [-0.05, 0) is 31.1 Å². The van der Waals surface area contributed by atoms with Gasteiger partial charge in [0, 0.05) is 17.7 Å². The topological polar surface area (TPSA) is 101 Å². The van der Waals surface area contributed by atoms with Gasteiger partial charge in [-0.1, -0.05) is 6.08 Å². The van der Waals surface area contributed by atoms with E-state index >= 15 is 0 Å². The Hall–Kier alpha value is -2.21. The standard InChI is InChI=1S/C13H13NO5/c1-7-5-9-3-4-10(14(18)19)6-11(9)13(7,17)8(2)12(15)16/h3-6,8,17H,1-2H3,(H,15,16). The summed E-state index contributed by atoms with van der Waals surface area (Å²) in [6.07, 6.45) is 1.65. The minimum absolute atomic E-state index is 0.169. The van der Waals surface area contributed by atoms with Gasteiger partial charge in [-0.3, -0.25) is 14.9 Å². The zero-order valence-corrected chi connectivity index (χ0v) is 10.5. The highest BCUT2D eigenvalue weighted by Gasteiger charge is 2.46. The van der Waals surface area contributed by atoms with Gasteiger partial charge in [0.25, 0.3) is 5.69 Å². The van der Waals surface area contributed by atoms with Crippen LogP contribution < -0.4 is 0 Å². The Bertz CT molecular complexity index is 607. The largest absolute Gasteiger partial charge is 0.481 e. The van der Waals surface area contributed by atoms with E-state index in [1.165, 1.54) is 25.1 Å². The van der Waals surface area contributed by atoms with Crippen LogP contribution in [0.5, 0.6) is 0 Å². The maximum Gasteiger partial charge on any atom is 0.309 e. The Morgan fingerprint density at radius 1 is 1.47 bits per heavy atom. The molecule has 0 aromatic heterocycles. The van der Waals surface area contributed by atoms with Crippen LogP contribution in [0.1, 0.15) is 25.0 Å². The molecule has 0 radical (unpaired) electrons. The van der Waals surface area contributed by atoms with Crippen molar-refractivity contribution in [1.29, 1.82) is 0 Å². The average molecular weight is 263 g/mol. The first-order valence-corrected chi connectivity index (χ1v) is 5.71. The lowest BCUT2D eigenvalue weighted by atomic mass is 9.80. The second-order valence-electron chi connectivity index (χ2n) is 4.68. The number of carboxylic acids is 1. The quantitative estimate of drug-likeness (QED) is 0.641. The third-order valence-electron chi connectivity index (χ3n) is 3.63. The summed E-state index contributed by atoms with van der Waals surface area (Å²) in [5, 5.41) is 30.6. The second-order valence-corrected chi connectivity index (χ2v) is 4.68. The van der Waals surface area contributed by atoms with Crippen LogP contribution in [0.3, 0.4) is 0 Å². The molecule has 0 aliphatic heterocycles. The molecule has 2 N–H and O–H groups in total. The highest BCUT2D eigenvalue weighted by Crippen LogP contribution is 2.45. The molecular weight excluding hydrogens is 250 g/mol. The molecule has 0 spiro atoms. The van der Waals surface area contributed by atoms with E-state index in [1.807, 2.05) is 0 Å². The molecule has 6 nitrogen and oxygen atoms in total. The summed E-state index contributed by atoms with van der Waals surface area (Å²) in [5.41, 5.74) is -0.517. The van der Waals surface area contributed by atoms with Crippen LogP contribution in [-0.2, 0) is 10.4 Å². The summed E-state index contributed by atoms with van der Waals surface area (Å²) < 4.78 is 0. The smallest absolute Gasteiger partial charge is 0.309 e. The predicted octanol–water partition coefficient (Wildman–Crippen LogP) is 1.92. The van der Waals surface area contributed by atoms with Crippen molar-refractivity contribution in [2.45, 2.75) is 19.4 Å². The van der Waals surface area contributed by atoms with E-state index in [4.69, 9.17) is 5.11 Å². The SMILES string of the molecule is CC1=Cc2ccc([N+](=O)[O-])cc2C1(O)C(C)C(=O)O. The van der Waals surface area contributed by atoms with Crippen LogP contribution in [-0.4, -0.2) is 21.1 Å². The number of rotatable bonds is 3. The molecule has 0 bridgehead atoms. The van der Waals surface area contributed by atoms with Crippen molar-refractivity contribution >= 4 is 17.7 Å². The lowest BCUT2D eigenvalue weighted by molar-refractivity contribution is -0.385. The average Bonchev–Trinajstić information content (AvgIpc) is 2.61. The minimum atomic E-state index is -1.70. The predicted molar refractivity (Wildman–Crippen MR) is 67.4 cm³/mol. The molecule has 1 aromatic rings. The normalized spacial score (nSPS) is 22.6. The van der Waals surface area contributed by atoms with Crippen LogP contribution in [0.4, 0.5) is 5.69 Å². The molecule has 2 unspecified atom stereocenters. The number of fused-ring (bicyclic) bond motifs is 1. The maximum absolute atomic E-state index is 11.1. The van der Waals surface area contributed by atoms with Crippen molar-refractivity contribution in [3.05, 3.63) is 45.0 Å². The van der Waals surface area contributed by atoms with Crippen LogP contribution >= 0.6 is 0 Å². The number of nitrogens with zero attached hydrogens (tertiary/aromatic N) is 1. The number of non-ortho nitro benzene ring substituents is 1. The molecule has 100 valence electrons. The molecule has 2 rings (SSSR count). The Morgan fingerprint density at radius 3 is 2.63 bits per heavy atom. The minimum Gasteiger partial charge on any atom is -0.481 e. The molecular formula is C13H13NO5. The van der Waals surface area contributed by atoms with Gasteiger partial charge in [0.05, 0.1) is 10.8 Å². The number of aliphatic carboxylic acids is 1. The number of hydrogen-bond donors (Lipinski definition) is 2. The van der Waals surface area contributed by atoms with E-state index in [1.54, 1.807) is 13.0 Å². The molecule has 0 saturated heterocycles. The van der Waals surface area contributed by atoms with E-state index < -0.39 is 22.4 Å². The summed E-state index contributed by atoms with van der Waals surface area (Å²) in [6, 6.07) is 4.09. The van der Waals surface area contributed by atoms with Gasteiger partial charge in [-0.2, -0.15) is 0 Å². The third-order valence-corrected chi connectivity index (χ3v) is 3.63. The van der Waals surface area contributed by atoms with Crippen LogP contribution in [0.2, 0.25) is 0 Å². The fourth-order valence-electron chi connectivity index (χ4n) is 2.42.